The molecule has 0 radical (unpaired) electrons. The van der Waals surface area contributed by atoms with Crippen molar-refractivity contribution in [2.45, 2.75) is 0 Å². The van der Waals surface area contributed by atoms with Crippen LogP contribution in [0.25, 0.3) is 0 Å². The summed E-state index contributed by atoms with van der Waals surface area (Å²) in [6.45, 7) is 0. The van der Waals surface area contributed by atoms with Gasteiger partial charge < -0.3 is 5.32 Å². The number of nitrogens with zero attached hydrogens (tertiary/aromatic N) is 2. The van der Waals surface area contributed by atoms with E-state index in [0.29, 0.717) is 5.69 Å². The average molecular weight is 302 g/mol. The number of nitrogens with one attached hydrogen (secondary N) is 1. The zero-order valence-electron chi connectivity index (χ0n) is 9.22. The lowest BCUT2D eigenvalue weighted by molar-refractivity contribution is 0.102. The molecule has 0 saturated heterocycles. The second kappa shape index (κ2) is 5.43. The number of hydrogen-bond acceptors (Lipinski definition) is 3. The van der Waals surface area contributed by atoms with Gasteiger partial charge in [-0.3, -0.25) is 4.79 Å². The van der Waals surface area contributed by atoms with E-state index in [1.807, 2.05) is 18.2 Å². The third kappa shape index (κ3) is 2.93. The summed E-state index contributed by atoms with van der Waals surface area (Å²) < 4.78 is 0.874. The fourth-order valence-corrected chi connectivity index (χ4v) is 1.78. The van der Waals surface area contributed by atoms with Crippen LogP contribution < -0.4 is 5.32 Å². The summed E-state index contributed by atoms with van der Waals surface area (Å²) in [5.74, 6) is -0.342. The Labute approximate surface area is 112 Å². The molecule has 0 aliphatic carbocycles. The fraction of sp³-hybridized carbons (Fsp3) is 0. The molecule has 88 valence electrons. The van der Waals surface area contributed by atoms with E-state index in [0.717, 1.165) is 4.47 Å². The molecule has 2 rings (SSSR count). The van der Waals surface area contributed by atoms with Crippen molar-refractivity contribution in [2.75, 3.05) is 5.32 Å². The first-order chi connectivity index (χ1) is 8.69. The number of benzene rings is 1. The van der Waals surface area contributed by atoms with Gasteiger partial charge in [0.2, 0.25) is 0 Å². The van der Waals surface area contributed by atoms with Gasteiger partial charge in [-0.25, -0.2) is 4.98 Å². The largest absolute Gasteiger partial charge is 0.321 e. The lowest BCUT2D eigenvalue weighted by atomic mass is 10.2. The highest BCUT2D eigenvalue weighted by Crippen LogP contribution is 2.16. The Balaban J connectivity index is 2.20. The third-order valence-corrected chi connectivity index (χ3v) is 2.67. The molecule has 2 aromatic rings. The minimum absolute atomic E-state index is 0.217. The zero-order valence-corrected chi connectivity index (χ0v) is 10.8. The minimum Gasteiger partial charge on any atom is -0.321 e. The molecule has 0 aliphatic heterocycles. The van der Waals surface area contributed by atoms with Crippen molar-refractivity contribution in [1.82, 2.24) is 4.98 Å². The lowest BCUT2D eigenvalue weighted by Gasteiger charge is -2.04. The molecular formula is C13H8BrN3O. The molecule has 1 heterocycles. The molecule has 0 unspecified atom stereocenters. The molecule has 5 heteroatoms. The lowest BCUT2D eigenvalue weighted by Crippen LogP contribution is -2.13. The maximum absolute atomic E-state index is 11.9. The predicted octanol–water partition coefficient (Wildman–Crippen LogP) is 2.97. The van der Waals surface area contributed by atoms with Gasteiger partial charge in [0.25, 0.3) is 5.91 Å². The molecule has 1 amide bonds. The second-order valence-electron chi connectivity index (χ2n) is 3.48. The van der Waals surface area contributed by atoms with Gasteiger partial charge in [0, 0.05) is 10.2 Å². The number of aromatic nitrogens is 1. The highest BCUT2D eigenvalue weighted by Gasteiger charge is 2.08. The van der Waals surface area contributed by atoms with Crippen LogP contribution in [-0.4, -0.2) is 10.9 Å². The maximum Gasteiger partial charge on any atom is 0.274 e. The molecule has 0 bridgehead atoms. The van der Waals surface area contributed by atoms with Crippen LogP contribution in [0.1, 0.15) is 16.2 Å². The van der Waals surface area contributed by atoms with E-state index in [1.165, 1.54) is 0 Å². The van der Waals surface area contributed by atoms with Crippen molar-refractivity contribution in [3.05, 3.63) is 58.3 Å². The predicted molar refractivity (Wildman–Crippen MR) is 71.0 cm³/mol. The van der Waals surface area contributed by atoms with Crippen LogP contribution in [0.15, 0.2) is 46.9 Å². The van der Waals surface area contributed by atoms with Crippen LogP contribution in [0.4, 0.5) is 5.69 Å². The van der Waals surface area contributed by atoms with E-state index in [-0.39, 0.29) is 17.3 Å². The molecule has 1 aromatic carbocycles. The number of anilines is 1. The minimum atomic E-state index is -0.342. The summed E-state index contributed by atoms with van der Waals surface area (Å²) in [5.41, 5.74) is 1.10. The number of carbonyl (C=O) groups is 1. The van der Waals surface area contributed by atoms with Gasteiger partial charge >= 0.3 is 0 Å². The zero-order chi connectivity index (χ0) is 13.0. The van der Waals surface area contributed by atoms with Crippen molar-refractivity contribution in [2.24, 2.45) is 0 Å². The maximum atomic E-state index is 11.9. The summed E-state index contributed by atoms with van der Waals surface area (Å²) in [7, 11) is 0. The monoisotopic (exact) mass is 301 g/mol. The average Bonchev–Trinajstić information content (AvgIpc) is 2.39. The Morgan fingerprint density at radius 3 is 2.78 bits per heavy atom. The number of rotatable bonds is 2. The first-order valence-corrected chi connectivity index (χ1v) is 5.92. The van der Waals surface area contributed by atoms with Crippen LogP contribution in [-0.2, 0) is 0 Å². The molecule has 1 aromatic heterocycles. The van der Waals surface area contributed by atoms with E-state index in [2.05, 4.69) is 26.2 Å². The SMILES string of the molecule is N#Cc1cccc(C(=O)Nc2cccc(Br)c2)n1. The second-order valence-corrected chi connectivity index (χ2v) is 4.40. The summed E-state index contributed by atoms with van der Waals surface area (Å²) in [4.78, 5) is 15.8. The Bertz CT molecular complexity index is 634. The number of halogens is 1. The molecular weight excluding hydrogens is 294 g/mol. The molecule has 0 fully saturated rings. The Kier molecular flexibility index (Phi) is 3.70. The summed E-state index contributed by atoms with van der Waals surface area (Å²) in [6.07, 6.45) is 0. The standard InChI is InChI=1S/C13H8BrN3O/c14-9-3-1-4-10(7-9)17-13(18)12-6-2-5-11(8-15)16-12/h1-7H,(H,17,18). The van der Waals surface area contributed by atoms with E-state index < -0.39 is 0 Å². The smallest absolute Gasteiger partial charge is 0.274 e. The number of pyridine rings is 1. The molecule has 0 saturated carbocycles. The van der Waals surface area contributed by atoms with Gasteiger partial charge in [0.05, 0.1) is 0 Å². The first kappa shape index (κ1) is 12.3. The van der Waals surface area contributed by atoms with Gasteiger partial charge in [-0.1, -0.05) is 28.1 Å². The van der Waals surface area contributed by atoms with Crippen molar-refractivity contribution >= 4 is 27.5 Å². The van der Waals surface area contributed by atoms with Gasteiger partial charge in [-0.2, -0.15) is 5.26 Å². The molecule has 0 aliphatic rings. The number of hydrogen-bond donors (Lipinski definition) is 1. The van der Waals surface area contributed by atoms with Gasteiger partial charge in [0.15, 0.2) is 0 Å². The number of carbonyl (C=O) groups excluding carboxylic acids is 1. The van der Waals surface area contributed by atoms with Gasteiger partial charge in [-0.15, -0.1) is 0 Å². The highest BCUT2D eigenvalue weighted by atomic mass is 79.9. The number of amides is 1. The first-order valence-electron chi connectivity index (χ1n) is 5.13. The van der Waals surface area contributed by atoms with Crippen LogP contribution in [0.5, 0.6) is 0 Å². The highest BCUT2D eigenvalue weighted by molar-refractivity contribution is 9.10. The molecule has 0 spiro atoms. The van der Waals surface area contributed by atoms with E-state index in [9.17, 15) is 4.79 Å². The fourth-order valence-electron chi connectivity index (χ4n) is 1.38. The van der Waals surface area contributed by atoms with Crippen molar-refractivity contribution in [3.63, 3.8) is 0 Å². The number of nitriles is 1. The van der Waals surface area contributed by atoms with E-state index in [1.54, 1.807) is 30.3 Å². The third-order valence-electron chi connectivity index (χ3n) is 2.18. The van der Waals surface area contributed by atoms with Gasteiger partial charge in [-0.05, 0) is 30.3 Å². The summed E-state index contributed by atoms with van der Waals surface area (Å²) >= 11 is 3.32. The van der Waals surface area contributed by atoms with Crippen LogP contribution in [0, 0.1) is 11.3 Å². The van der Waals surface area contributed by atoms with Crippen molar-refractivity contribution in [3.8, 4) is 6.07 Å². The summed E-state index contributed by atoms with van der Waals surface area (Å²) in [6, 6.07) is 13.9. The molecule has 18 heavy (non-hydrogen) atoms. The molecule has 1 N–H and O–H groups in total. The van der Waals surface area contributed by atoms with E-state index >= 15 is 0 Å². The molecule has 0 atom stereocenters. The van der Waals surface area contributed by atoms with Crippen LogP contribution in [0.3, 0.4) is 0 Å². The summed E-state index contributed by atoms with van der Waals surface area (Å²) in [5, 5.41) is 11.4. The normalized spacial score (nSPS) is 9.56. The quantitative estimate of drug-likeness (QED) is 0.927. The van der Waals surface area contributed by atoms with Crippen LogP contribution in [0.2, 0.25) is 0 Å². The Morgan fingerprint density at radius 1 is 1.28 bits per heavy atom. The Hall–Kier alpha value is -2.19. The van der Waals surface area contributed by atoms with Gasteiger partial charge in [0.1, 0.15) is 17.5 Å². The van der Waals surface area contributed by atoms with Crippen molar-refractivity contribution < 1.29 is 4.79 Å². The topological polar surface area (TPSA) is 65.8 Å². The van der Waals surface area contributed by atoms with E-state index in [4.69, 9.17) is 5.26 Å². The molecule has 4 nitrogen and oxygen atoms in total. The van der Waals surface area contributed by atoms with Crippen molar-refractivity contribution in [1.29, 1.82) is 5.26 Å². The van der Waals surface area contributed by atoms with Crippen LogP contribution >= 0.6 is 15.9 Å². The Morgan fingerprint density at radius 2 is 2.06 bits per heavy atom.